The van der Waals surface area contributed by atoms with E-state index in [1.807, 2.05) is 0 Å². The zero-order chi connectivity index (χ0) is 24.3. The third kappa shape index (κ3) is 6.67. The van der Waals surface area contributed by atoms with Gasteiger partial charge in [0.2, 0.25) is 10.0 Å². The molecule has 0 radical (unpaired) electrons. The fourth-order valence-corrected chi connectivity index (χ4v) is 5.89. The molecular formula is C21H28BrFN2O5SSi. The van der Waals surface area contributed by atoms with E-state index in [0.717, 1.165) is 12.1 Å². The Kier molecular flexibility index (Phi) is 8.38. The number of hydrogen-bond acceptors (Lipinski definition) is 5. The Morgan fingerprint density at radius 1 is 1.12 bits per heavy atom. The maximum absolute atomic E-state index is 13.5. The predicted molar refractivity (Wildman–Crippen MR) is 128 cm³/mol. The Balaban J connectivity index is 2.32. The molecule has 2 atom stereocenters. The second-order valence-electron chi connectivity index (χ2n) is 8.99. The van der Waals surface area contributed by atoms with Crippen molar-refractivity contribution in [1.82, 2.24) is 4.72 Å². The van der Waals surface area contributed by atoms with Crippen molar-refractivity contribution in [3.05, 3.63) is 70.0 Å². The molecule has 0 aliphatic heterocycles. The number of benzene rings is 2. The van der Waals surface area contributed by atoms with Crippen LogP contribution in [0.3, 0.4) is 0 Å². The van der Waals surface area contributed by atoms with E-state index in [-0.39, 0.29) is 22.2 Å². The fourth-order valence-electron chi connectivity index (χ4n) is 2.60. The van der Waals surface area contributed by atoms with Gasteiger partial charge < -0.3 is 4.43 Å². The summed E-state index contributed by atoms with van der Waals surface area (Å²) in [5, 5.41) is 10.8. The summed E-state index contributed by atoms with van der Waals surface area (Å²) < 4.78 is 48.4. The summed E-state index contributed by atoms with van der Waals surface area (Å²) in [4.78, 5) is 9.70. The highest BCUT2D eigenvalue weighted by atomic mass is 79.9. The molecule has 176 valence electrons. The van der Waals surface area contributed by atoms with E-state index < -0.39 is 40.0 Å². The number of hydrogen-bond donors (Lipinski definition) is 1. The van der Waals surface area contributed by atoms with Gasteiger partial charge in [-0.2, -0.15) is 0 Å². The third-order valence-corrected chi connectivity index (χ3v) is 12.4. The van der Waals surface area contributed by atoms with Gasteiger partial charge in [-0.25, -0.2) is 17.5 Å². The highest BCUT2D eigenvalue weighted by Gasteiger charge is 2.38. The van der Waals surface area contributed by atoms with Gasteiger partial charge in [-0.1, -0.05) is 48.8 Å². The van der Waals surface area contributed by atoms with Crippen molar-refractivity contribution in [2.75, 3.05) is 6.61 Å². The van der Waals surface area contributed by atoms with Gasteiger partial charge in [0, 0.05) is 18.7 Å². The second-order valence-corrected chi connectivity index (χ2v) is 16.7. The molecule has 0 fully saturated rings. The lowest BCUT2D eigenvalue weighted by Gasteiger charge is -2.37. The first-order chi connectivity index (χ1) is 14.6. The highest BCUT2D eigenvalue weighted by Crippen LogP contribution is 2.37. The SMILES string of the molecule is CC(C)(C)[Si](C)(C)OC[C@H](Br)[C@H](NS(=O)(=O)c1ccc([N+](=O)[O-])cc1)c1ccc(F)cc1. The molecule has 0 heterocycles. The summed E-state index contributed by atoms with van der Waals surface area (Å²) in [6.07, 6.45) is 0. The summed E-state index contributed by atoms with van der Waals surface area (Å²) in [7, 11) is -6.12. The van der Waals surface area contributed by atoms with Gasteiger partial charge in [-0.15, -0.1) is 0 Å². The number of nitro groups is 1. The van der Waals surface area contributed by atoms with Crippen LogP contribution in [0.25, 0.3) is 0 Å². The van der Waals surface area contributed by atoms with Gasteiger partial charge in [-0.3, -0.25) is 10.1 Å². The monoisotopic (exact) mass is 546 g/mol. The normalized spacial score (nSPS) is 14.7. The molecule has 1 N–H and O–H groups in total. The minimum absolute atomic E-state index is 0.0245. The average molecular weight is 548 g/mol. The topological polar surface area (TPSA) is 98.5 Å². The molecule has 0 unspecified atom stereocenters. The molecule has 7 nitrogen and oxygen atoms in total. The van der Waals surface area contributed by atoms with Gasteiger partial charge in [0.05, 0.1) is 20.7 Å². The zero-order valence-electron chi connectivity index (χ0n) is 18.6. The van der Waals surface area contributed by atoms with E-state index in [1.165, 1.54) is 36.4 Å². The van der Waals surface area contributed by atoms with Crippen LogP contribution >= 0.6 is 15.9 Å². The first-order valence-electron chi connectivity index (χ1n) is 9.94. The molecule has 0 aromatic heterocycles. The summed E-state index contributed by atoms with van der Waals surface area (Å²) in [6.45, 7) is 10.8. The van der Waals surface area contributed by atoms with Crippen LogP contribution in [0.1, 0.15) is 32.4 Å². The molecule has 32 heavy (non-hydrogen) atoms. The van der Waals surface area contributed by atoms with Gasteiger partial charge in [0.15, 0.2) is 8.32 Å². The van der Waals surface area contributed by atoms with E-state index in [1.54, 1.807) is 0 Å². The van der Waals surface area contributed by atoms with Crippen LogP contribution < -0.4 is 4.72 Å². The maximum Gasteiger partial charge on any atom is 0.269 e. The standard InChI is InChI=1S/C21H28BrFN2O5SSi/c1-21(2,3)32(4,5)30-14-19(22)20(15-6-8-16(23)9-7-15)24-31(28,29)18-12-10-17(11-13-18)25(26)27/h6-13,19-20,24H,14H2,1-5H3/t19-,20+/m0/s1. The van der Waals surface area contributed by atoms with Gasteiger partial charge in [-0.05, 0) is 48.0 Å². The average Bonchev–Trinajstić information content (AvgIpc) is 2.70. The Bertz CT molecular complexity index is 1040. The lowest BCUT2D eigenvalue weighted by molar-refractivity contribution is -0.384. The number of rotatable bonds is 9. The Morgan fingerprint density at radius 2 is 1.66 bits per heavy atom. The van der Waals surface area contributed by atoms with Crippen LogP contribution in [0.2, 0.25) is 18.1 Å². The van der Waals surface area contributed by atoms with Crippen molar-refractivity contribution in [2.24, 2.45) is 0 Å². The molecule has 0 spiro atoms. The molecule has 0 aliphatic rings. The first kappa shape index (κ1) is 26.6. The number of nitrogens with one attached hydrogen (secondary N) is 1. The molecule has 11 heteroatoms. The molecule has 0 saturated carbocycles. The van der Waals surface area contributed by atoms with E-state index in [4.69, 9.17) is 4.43 Å². The maximum atomic E-state index is 13.5. The number of nitrogens with zero attached hydrogens (tertiary/aromatic N) is 1. The molecule has 0 amide bonds. The van der Waals surface area contributed by atoms with Crippen molar-refractivity contribution in [3.8, 4) is 0 Å². The van der Waals surface area contributed by atoms with E-state index in [9.17, 15) is 22.9 Å². The molecule has 0 saturated heterocycles. The third-order valence-electron chi connectivity index (χ3n) is 5.64. The first-order valence-corrected chi connectivity index (χ1v) is 15.2. The van der Waals surface area contributed by atoms with Crippen LogP contribution in [0.5, 0.6) is 0 Å². The second kappa shape index (κ2) is 10.1. The van der Waals surface area contributed by atoms with Crippen LogP contribution in [-0.2, 0) is 14.4 Å². The number of nitro benzene ring substituents is 1. The summed E-state index contributed by atoms with van der Waals surface area (Å²) in [5.74, 6) is -0.436. The van der Waals surface area contributed by atoms with Crippen LogP contribution in [0.15, 0.2) is 53.4 Å². The largest absolute Gasteiger partial charge is 0.416 e. The molecular weight excluding hydrogens is 519 g/mol. The number of sulfonamides is 1. The molecule has 2 rings (SSSR count). The Hall–Kier alpha value is -1.66. The van der Waals surface area contributed by atoms with Crippen LogP contribution in [-0.4, -0.2) is 33.1 Å². The highest BCUT2D eigenvalue weighted by molar-refractivity contribution is 9.09. The Labute approximate surface area is 197 Å². The number of alkyl halides is 1. The van der Waals surface area contributed by atoms with Gasteiger partial charge in [0.1, 0.15) is 5.82 Å². The van der Waals surface area contributed by atoms with Crippen molar-refractivity contribution in [2.45, 2.75) is 54.7 Å². The van der Waals surface area contributed by atoms with Gasteiger partial charge in [0.25, 0.3) is 5.69 Å². The van der Waals surface area contributed by atoms with Crippen molar-refractivity contribution in [3.63, 3.8) is 0 Å². The quantitative estimate of drug-likeness (QED) is 0.192. The van der Waals surface area contributed by atoms with Crippen LogP contribution in [0.4, 0.5) is 10.1 Å². The number of halogens is 2. The minimum Gasteiger partial charge on any atom is -0.416 e. The molecule has 0 aliphatic carbocycles. The molecule has 2 aromatic rings. The minimum atomic E-state index is -4.03. The van der Waals surface area contributed by atoms with E-state index in [0.29, 0.717) is 5.56 Å². The van der Waals surface area contributed by atoms with Gasteiger partial charge >= 0.3 is 0 Å². The van der Waals surface area contributed by atoms with E-state index in [2.05, 4.69) is 54.5 Å². The van der Waals surface area contributed by atoms with Crippen molar-refractivity contribution < 1.29 is 22.2 Å². The lowest BCUT2D eigenvalue weighted by atomic mass is 10.1. The Morgan fingerprint density at radius 3 is 2.12 bits per heavy atom. The molecule has 0 bridgehead atoms. The number of non-ortho nitro benzene ring substituents is 1. The van der Waals surface area contributed by atoms with E-state index >= 15 is 0 Å². The zero-order valence-corrected chi connectivity index (χ0v) is 22.0. The predicted octanol–water partition coefficient (Wildman–Crippen LogP) is 5.54. The summed E-state index contributed by atoms with van der Waals surface area (Å²) in [6, 6.07) is 9.41. The fraction of sp³-hybridized carbons (Fsp3) is 0.429. The lowest BCUT2D eigenvalue weighted by Crippen LogP contribution is -2.44. The van der Waals surface area contributed by atoms with Crippen molar-refractivity contribution >= 4 is 40.0 Å². The van der Waals surface area contributed by atoms with Crippen molar-refractivity contribution in [1.29, 1.82) is 0 Å². The molecule has 2 aromatic carbocycles. The summed E-state index contributed by atoms with van der Waals surface area (Å²) >= 11 is 3.56. The van der Waals surface area contributed by atoms with Crippen LogP contribution in [0, 0.1) is 15.9 Å². The smallest absolute Gasteiger partial charge is 0.269 e. The summed E-state index contributed by atoms with van der Waals surface area (Å²) in [5.41, 5.74) is 0.345.